The van der Waals surface area contributed by atoms with Gasteiger partial charge in [0.25, 0.3) is 0 Å². The summed E-state index contributed by atoms with van der Waals surface area (Å²) in [5, 5.41) is 49.2. The van der Waals surface area contributed by atoms with Crippen molar-refractivity contribution in [1.82, 2.24) is 20.3 Å². The largest absolute Gasteiger partial charge is 0.394 e. The number of hydrogen-bond acceptors (Lipinski definition) is 8. The number of amides is 1. The monoisotopic (exact) mass is 392 g/mol. The lowest BCUT2D eigenvalue weighted by atomic mass is 9.98. The van der Waals surface area contributed by atoms with E-state index in [4.69, 9.17) is 4.74 Å². The van der Waals surface area contributed by atoms with E-state index in [0.29, 0.717) is 12.1 Å². The van der Waals surface area contributed by atoms with Crippen LogP contribution in [0.1, 0.15) is 17.7 Å². The zero-order chi connectivity index (χ0) is 20.3. The molecule has 2 aromatic rings. The Labute approximate surface area is 161 Å². The van der Waals surface area contributed by atoms with Gasteiger partial charge in [-0.15, -0.1) is 5.10 Å². The molecule has 0 aliphatic carbocycles. The molecule has 1 aromatic carbocycles. The molecule has 3 rings (SSSR count). The molecule has 1 fully saturated rings. The van der Waals surface area contributed by atoms with Crippen LogP contribution in [0.3, 0.4) is 0 Å². The summed E-state index contributed by atoms with van der Waals surface area (Å²) in [6, 6.07) is 7.76. The molecule has 1 saturated heterocycles. The third-order valence-electron chi connectivity index (χ3n) is 4.64. The van der Waals surface area contributed by atoms with E-state index in [1.54, 1.807) is 10.9 Å². The average molecular weight is 392 g/mol. The third-order valence-corrected chi connectivity index (χ3v) is 4.64. The Balaban J connectivity index is 1.54. The lowest BCUT2D eigenvalue weighted by Crippen LogP contribution is -2.63. The fourth-order valence-corrected chi connectivity index (χ4v) is 2.93. The van der Waals surface area contributed by atoms with Crippen molar-refractivity contribution < 1.29 is 30.0 Å². The van der Waals surface area contributed by atoms with E-state index in [9.17, 15) is 25.2 Å². The third kappa shape index (κ3) is 4.54. The van der Waals surface area contributed by atoms with Crippen LogP contribution in [0, 0.1) is 6.92 Å². The molecule has 0 saturated carbocycles. The van der Waals surface area contributed by atoms with Crippen LogP contribution < -0.4 is 5.32 Å². The number of benzene rings is 1. The van der Waals surface area contributed by atoms with Crippen molar-refractivity contribution in [1.29, 1.82) is 0 Å². The molecule has 1 amide bonds. The lowest BCUT2D eigenvalue weighted by molar-refractivity contribution is -0.235. The number of aliphatic hydroxyl groups excluding tert-OH is 4. The second-order valence-electron chi connectivity index (χ2n) is 6.81. The second kappa shape index (κ2) is 8.76. The normalized spacial score (nSPS) is 27.5. The van der Waals surface area contributed by atoms with Crippen LogP contribution in [0.5, 0.6) is 0 Å². The van der Waals surface area contributed by atoms with Gasteiger partial charge in [-0.1, -0.05) is 22.9 Å². The first-order valence-electron chi connectivity index (χ1n) is 8.97. The van der Waals surface area contributed by atoms with E-state index >= 15 is 0 Å². The van der Waals surface area contributed by atoms with Crippen molar-refractivity contribution in [2.24, 2.45) is 0 Å². The Morgan fingerprint density at radius 3 is 2.57 bits per heavy atom. The Bertz CT molecular complexity index is 794. The molecular weight excluding hydrogens is 368 g/mol. The van der Waals surface area contributed by atoms with Crippen molar-refractivity contribution >= 4 is 5.91 Å². The van der Waals surface area contributed by atoms with E-state index in [0.717, 1.165) is 11.3 Å². The van der Waals surface area contributed by atoms with Gasteiger partial charge in [0.15, 0.2) is 6.23 Å². The summed E-state index contributed by atoms with van der Waals surface area (Å²) in [4.78, 5) is 12.2. The molecule has 5 atom stereocenters. The highest BCUT2D eigenvalue weighted by Gasteiger charge is 2.43. The van der Waals surface area contributed by atoms with Gasteiger partial charge >= 0.3 is 0 Å². The maximum atomic E-state index is 12.2. The SMILES string of the molecule is Cc1ccc(-n2cc(CCC(=O)N[C@@H]3OC(CO)[C@@H](O)C(O)C3O)nn2)cc1. The number of rotatable bonds is 6. The summed E-state index contributed by atoms with van der Waals surface area (Å²) >= 11 is 0. The van der Waals surface area contributed by atoms with E-state index in [1.807, 2.05) is 31.2 Å². The molecule has 1 aliphatic rings. The predicted octanol–water partition coefficient (Wildman–Crippen LogP) is -1.58. The molecule has 0 bridgehead atoms. The van der Waals surface area contributed by atoms with Crippen molar-refractivity contribution in [3.63, 3.8) is 0 Å². The van der Waals surface area contributed by atoms with Gasteiger partial charge in [-0.2, -0.15) is 0 Å². The van der Waals surface area contributed by atoms with Crippen molar-refractivity contribution in [3.8, 4) is 5.69 Å². The highest BCUT2D eigenvalue weighted by Crippen LogP contribution is 2.19. The fourth-order valence-electron chi connectivity index (χ4n) is 2.93. The molecular formula is C18H24N4O6. The van der Waals surface area contributed by atoms with E-state index in [-0.39, 0.29) is 6.42 Å². The summed E-state index contributed by atoms with van der Waals surface area (Å²) in [6.07, 6.45) is -4.72. The van der Waals surface area contributed by atoms with Gasteiger partial charge < -0.3 is 30.5 Å². The van der Waals surface area contributed by atoms with Gasteiger partial charge in [0, 0.05) is 12.8 Å². The lowest BCUT2D eigenvalue weighted by Gasteiger charge is -2.40. The van der Waals surface area contributed by atoms with Gasteiger partial charge in [-0.25, -0.2) is 4.68 Å². The maximum absolute atomic E-state index is 12.2. The summed E-state index contributed by atoms with van der Waals surface area (Å²) in [5.41, 5.74) is 2.61. The molecule has 152 valence electrons. The minimum Gasteiger partial charge on any atom is -0.394 e. The average Bonchev–Trinajstić information content (AvgIpc) is 3.16. The molecule has 10 heteroatoms. The number of aromatic nitrogens is 3. The van der Waals surface area contributed by atoms with Crippen LogP contribution in [0.25, 0.3) is 5.69 Å². The highest BCUT2D eigenvalue weighted by molar-refractivity contribution is 5.76. The van der Waals surface area contributed by atoms with Gasteiger partial charge in [0.1, 0.15) is 24.4 Å². The molecule has 0 spiro atoms. The summed E-state index contributed by atoms with van der Waals surface area (Å²) < 4.78 is 6.87. The molecule has 5 N–H and O–H groups in total. The van der Waals surface area contributed by atoms with Crippen LogP contribution in [-0.2, 0) is 16.0 Å². The number of aliphatic hydroxyl groups is 4. The number of nitrogens with zero attached hydrogens (tertiary/aromatic N) is 3. The smallest absolute Gasteiger partial charge is 0.222 e. The molecule has 1 aromatic heterocycles. The standard InChI is InChI=1S/C18H24N4O6/c1-10-2-5-12(6-3-10)22-8-11(20-21-22)4-7-14(24)19-18-17(27)16(26)15(25)13(9-23)28-18/h2-3,5-6,8,13,15-18,23,25-27H,4,7,9H2,1H3,(H,19,24)/t13?,15-,16?,17?,18-/m1/s1. The van der Waals surface area contributed by atoms with Gasteiger partial charge in [-0.3, -0.25) is 4.79 Å². The zero-order valence-corrected chi connectivity index (χ0v) is 15.3. The first-order chi connectivity index (χ1) is 13.4. The van der Waals surface area contributed by atoms with E-state index < -0.39 is 43.2 Å². The second-order valence-corrected chi connectivity index (χ2v) is 6.81. The zero-order valence-electron chi connectivity index (χ0n) is 15.3. The number of carbonyl (C=O) groups is 1. The van der Waals surface area contributed by atoms with Crippen molar-refractivity contribution in [2.75, 3.05) is 6.61 Å². The Morgan fingerprint density at radius 1 is 1.18 bits per heavy atom. The number of carbonyl (C=O) groups excluding carboxylic acids is 1. The first kappa shape index (κ1) is 20.4. The van der Waals surface area contributed by atoms with E-state index in [1.165, 1.54) is 0 Å². The summed E-state index contributed by atoms with van der Waals surface area (Å²) in [7, 11) is 0. The summed E-state index contributed by atoms with van der Waals surface area (Å²) in [5.74, 6) is -0.436. The maximum Gasteiger partial charge on any atom is 0.222 e. The van der Waals surface area contributed by atoms with Crippen LogP contribution in [0.4, 0.5) is 0 Å². The minimum atomic E-state index is -1.54. The molecule has 10 nitrogen and oxygen atoms in total. The predicted molar refractivity (Wildman–Crippen MR) is 96.3 cm³/mol. The van der Waals surface area contributed by atoms with Gasteiger partial charge in [0.05, 0.1) is 24.2 Å². The molecule has 3 unspecified atom stereocenters. The fraction of sp³-hybridized carbons (Fsp3) is 0.500. The number of ether oxygens (including phenoxy) is 1. The van der Waals surface area contributed by atoms with Gasteiger partial charge in [-0.05, 0) is 19.1 Å². The van der Waals surface area contributed by atoms with Crippen LogP contribution >= 0.6 is 0 Å². The van der Waals surface area contributed by atoms with Crippen molar-refractivity contribution in [3.05, 3.63) is 41.7 Å². The topological polar surface area (TPSA) is 150 Å². The number of nitrogens with one attached hydrogen (secondary N) is 1. The Hall–Kier alpha value is -2.37. The van der Waals surface area contributed by atoms with Crippen LogP contribution in [0.15, 0.2) is 30.5 Å². The molecule has 28 heavy (non-hydrogen) atoms. The Kier molecular flexibility index (Phi) is 6.37. The van der Waals surface area contributed by atoms with Crippen molar-refractivity contribution in [2.45, 2.75) is 50.4 Å². The Morgan fingerprint density at radius 2 is 1.89 bits per heavy atom. The molecule has 2 heterocycles. The highest BCUT2D eigenvalue weighted by atomic mass is 16.6. The quantitative estimate of drug-likeness (QED) is 0.395. The molecule has 0 radical (unpaired) electrons. The van der Waals surface area contributed by atoms with E-state index in [2.05, 4.69) is 15.6 Å². The number of aryl methyl sites for hydroxylation is 2. The molecule has 1 aliphatic heterocycles. The van der Waals surface area contributed by atoms with Crippen LogP contribution in [0.2, 0.25) is 0 Å². The number of hydrogen-bond donors (Lipinski definition) is 5. The minimum absolute atomic E-state index is 0.0572. The van der Waals surface area contributed by atoms with Gasteiger partial charge in [0.2, 0.25) is 5.91 Å². The summed E-state index contributed by atoms with van der Waals surface area (Å²) in [6.45, 7) is 1.43. The first-order valence-corrected chi connectivity index (χ1v) is 8.97. The van der Waals surface area contributed by atoms with Crippen LogP contribution in [-0.4, -0.2) is 78.6 Å².